The normalized spacial score (nSPS) is 19.6. The number of hydrogen-bond donors (Lipinski definition) is 2. The van der Waals surface area contributed by atoms with E-state index in [2.05, 4.69) is 15.4 Å². The van der Waals surface area contributed by atoms with Crippen molar-refractivity contribution in [2.24, 2.45) is 5.41 Å². The highest BCUT2D eigenvalue weighted by Crippen LogP contribution is 2.40. The second kappa shape index (κ2) is 4.43. The SMILES string of the molecule is O=C(O)N1CCC2(C1)CN(C(=O)c1ccc3[nH]nnc3c1)C2. The number of H-pyrrole nitrogens is 1. The molecule has 1 aromatic heterocycles. The summed E-state index contributed by atoms with van der Waals surface area (Å²) in [6.07, 6.45) is -0.0519. The quantitative estimate of drug-likeness (QED) is 0.810. The molecule has 2 saturated heterocycles. The van der Waals surface area contributed by atoms with Gasteiger partial charge >= 0.3 is 6.09 Å². The van der Waals surface area contributed by atoms with Crippen molar-refractivity contribution >= 4 is 23.0 Å². The van der Waals surface area contributed by atoms with E-state index >= 15 is 0 Å². The molecule has 1 aromatic carbocycles. The molecule has 2 fully saturated rings. The lowest BCUT2D eigenvalue weighted by atomic mass is 9.78. The molecular formula is C14H15N5O3. The lowest BCUT2D eigenvalue weighted by Gasteiger charge is -2.47. The zero-order valence-electron chi connectivity index (χ0n) is 11.8. The molecule has 0 bridgehead atoms. The number of nitrogens with zero attached hydrogens (tertiary/aromatic N) is 4. The lowest BCUT2D eigenvalue weighted by Crippen LogP contribution is -2.59. The summed E-state index contributed by atoms with van der Waals surface area (Å²) < 4.78 is 0. The Hall–Kier alpha value is -2.64. The first kappa shape index (κ1) is 13.1. The molecule has 2 amide bonds. The number of carbonyl (C=O) groups is 2. The number of amides is 2. The van der Waals surface area contributed by atoms with E-state index < -0.39 is 6.09 Å². The highest BCUT2D eigenvalue weighted by atomic mass is 16.4. The Morgan fingerprint density at radius 2 is 2.00 bits per heavy atom. The predicted molar refractivity (Wildman–Crippen MR) is 76.4 cm³/mol. The maximum absolute atomic E-state index is 12.5. The molecule has 0 saturated carbocycles. The number of hydrogen-bond acceptors (Lipinski definition) is 4. The smallest absolute Gasteiger partial charge is 0.407 e. The fourth-order valence-electron chi connectivity index (χ4n) is 3.42. The van der Waals surface area contributed by atoms with Gasteiger partial charge in [-0.2, -0.15) is 0 Å². The van der Waals surface area contributed by atoms with Crippen molar-refractivity contribution in [2.75, 3.05) is 26.2 Å². The summed E-state index contributed by atoms with van der Waals surface area (Å²) in [4.78, 5) is 26.7. The fraction of sp³-hybridized carbons (Fsp3) is 0.429. The molecule has 8 nitrogen and oxygen atoms in total. The number of rotatable bonds is 1. The molecule has 1 spiro atoms. The summed E-state index contributed by atoms with van der Waals surface area (Å²) in [5.74, 6) is -0.0377. The van der Waals surface area contributed by atoms with Crippen LogP contribution in [0, 0.1) is 5.41 Å². The number of nitrogens with one attached hydrogen (secondary N) is 1. The number of carboxylic acid groups (broad SMARTS) is 1. The number of likely N-dealkylation sites (tertiary alicyclic amines) is 2. The number of benzene rings is 1. The first-order valence-corrected chi connectivity index (χ1v) is 7.14. The molecule has 4 rings (SSSR count). The van der Waals surface area contributed by atoms with Gasteiger partial charge in [-0.25, -0.2) is 4.79 Å². The number of fused-ring (bicyclic) bond motifs is 1. The molecule has 0 atom stereocenters. The number of aromatic amines is 1. The minimum absolute atomic E-state index is 0.0377. The molecule has 8 heteroatoms. The molecule has 2 N–H and O–H groups in total. The number of aromatic nitrogens is 3. The van der Waals surface area contributed by atoms with E-state index in [0.717, 1.165) is 11.9 Å². The van der Waals surface area contributed by atoms with Gasteiger partial charge in [0.05, 0.1) is 5.52 Å². The topological polar surface area (TPSA) is 102 Å². The van der Waals surface area contributed by atoms with Crippen molar-refractivity contribution < 1.29 is 14.7 Å². The third-order valence-electron chi connectivity index (χ3n) is 4.62. The van der Waals surface area contributed by atoms with Gasteiger partial charge in [0.2, 0.25) is 0 Å². The maximum Gasteiger partial charge on any atom is 0.407 e. The molecule has 0 radical (unpaired) electrons. The maximum atomic E-state index is 12.5. The third-order valence-corrected chi connectivity index (χ3v) is 4.62. The summed E-state index contributed by atoms with van der Waals surface area (Å²) in [5, 5.41) is 19.4. The molecular weight excluding hydrogens is 286 g/mol. The van der Waals surface area contributed by atoms with Crippen LogP contribution in [0.3, 0.4) is 0 Å². The van der Waals surface area contributed by atoms with E-state index in [9.17, 15) is 9.59 Å². The van der Waals surface area contributed by atoms with Crippen molar-refractivity contribution in [2.45, 2.75) is 6.42 Å². The summed E-state index contributed by atoms with van der Waals surface area (Å²) >= 11 is 0. The van der Waals surface area contributed by atoms with Gasteiger partial charge in [0, 0.05) is 37.2 Å². The number of carbonyl (C=O) groups excluding carboxylic acids is 1. The first-order valence-electron chi connectivity index (χ1n) is 7.14. The molecule has 0 aliphatic carbocycles. The van der Waals surface area contributed by atoms with Crippen LogP contribution in [0.2, 0.25) is 0 Å². The molecule has 114 valence electrons. The van der Waals surface area contributed by atoms with Crippen LogP contribution >= 0.6 is 0 Å². The van der Waals surface area contributed by atoms with Gasteiger partial charge in [0.25, 0.3) is 5.91 Å². The van der Waals surface area contributed by atoms with Crippen molar-refractivity contribution in [1.82, 2.24) is 25.2 Å². The van der Waals surface area contributed by atoms with E-state index in [1.807, 2.05) is 0 Å². The second-order valence-electron chi connectivity index (χ2n) is 6.16. The molecule has 3 heterocycles. The minimum atomic E-state index is -0.877. The van der Waals surface area contributed by atoms with Gasteiger partial charge in [-0.15, -0.1) is 5.10 Å². The largest absolute Gasteiger partial charge is 0.465 e. The van der Waals surface area contributed by atoms with Crippen LogP contribution in [0.4, 0.5) is 4.79 Å². The van der Waals surface area contributed by atoms with Crippen LogP contribution in [0.15, 0.2) is 18.2 Å². The summed E-state index contributed by atoms with van der Waals surface area (Å²) in [6, 6.07) is 5.28. The van der Waals surface area contributed by atoms with Crippen molar-refractivity contribution in [3.05, 3.63) is 23.8 Å². The third kappa shape index (κ3) is 1.91. The monoisotopic (exact) mass is 301 g/mol. The van der Waals surface area contributed by atoms with E-state index in [0.29, 0.717) is 37.3 Å². The Balaban J connectivity index is 1.46. The Morgan fingerprint density at radius 3 is 2.73 bits per heavy atom. The average molecular weight is 301 g/mol. The molecule has 22 heavy (non-hydrogen) atoms. The van der Waals surface area contributed by atoms with E-state index in [1.54, 1.807) is 23.1 Å². The van der Waals surface area contributed by atoms with Crippen LogP contribution in [0.25, 0.3) is 11.0 Å². The van der Waals surface area contributed by atoms with Crippen LogP contribution in [-0.4, -0.2) is 68.5 Å². The summed E-state index contributed by atoms with van der Waals surface area (Å²) in [7, 11) is 0. The first-order chi connectivity index (χ1) is 10.6. The average Bonchev–Trinajstić information content (AvgIpc) is 3.10. The van der Waals surface area contributed by atoms with E-state index in [-0.39, 0.29) is 11.3 Å². The summed E-state index contributed by atoms with van der Waals surface area (Å²) in [5.41, 5.74) is 2.00. The molecule has 2 aliphatic heterocycles. The fourth-order valence-corrected chi connectivity index (χ4v) is 3.42. The Labute approximate surface area is 125 Å². The van der Waals surface area contributed by atoms with Crippen LogP contribution in [0.1, 0.15) is 16.8 Å². The molecule has 2 aromatic rings. The Kier molecular flexibility index (Phi) is 2.63. The van der Waals surface area contributed by atoms with Crippen LogP contribution in [0.5, 0.6) is 0 Å². The summed E-state index contributed by atoms with van der Waals surface area (Å²) in [6.45, 7) is 2.32. The van der Waals surface area contributed by atoms with Crippen molar-refractivity contribution in [3.8, 4) is 0 Å². The zero-order valence-corrected chi connectivity index (χ0v) is 11.8. The molecule has 0 unspecified atom stereocenters. The van der Waals surface area contributed by atoms with Gasteiger partial charge in [-0.1, -0.05) is 5.21 Å². The highest BCUT2D eigenvalue weighted by molar-refractivity contribution is 5.97. The lowest BCUT2D eigenvalue weighted by molar-refractivity contribution is 0.0114. The van der Waals surface area contributed by atoms with Gasteiger partial charge in [0.1, 0.15) is 5.52 Å². The Bertz CT molecular complexity index is 765. The standard InChI is InChI=1S/C14H15N5O3/c20-12(9-1-2-10-11(5-9)16-17-15-10)19-7-14(8-19)3-4-18(6-14)13(21)22/h1-2,5H,3-4,6-8H2,(H,21,22)(H,15,16,17). The van der Waals surface area contributed by atoms with E-state index in [4.69, 9.17) is 5.11 Å². The second-order valence-corrected chi connectivity index (χ2v) is 6.16. The van der Waals surface area contributed by atoms with Crippen LogP contribution in [-0.2, 0) is 0 Å². The minimum Gasteiger partial charge on any atom is -0.465 e. The predicted octanol–water partition coefficient (Wildman–Crippen LogP) is 0.784. The van der Waals surface area contributed by atoms with Crippen LogP contribution < -0.4 is 0 Å². The van der Waals surface area contributed by atoms with Gasteiger partial charge in [-0.05, 0) is 24.6 Å². The van der Waals surface area contributed by atoms with Gasteiger partial charge in [0.15, 0.2) is 0 Å². The van der Waals surface area contributed by atoms with Gasteiger partial charge in [-0.3, -0.25) is 9.89 Å². The molecule has 2 aliphatic rings. The van der Waals surface area contributed by atoms with Gasteiger partial charge < -0.3 is 14.9 Å². The Morgan fingerprint density at radius 1 is 1.23 bits per heavy atom. The highest BCUT2D eigenvalue weighted by Gasteiger charge is 2.50. The van der Waals surface area contributed by atoms with Crippen molar-refractivity contribution in [3.63, 3.8) is 0 Å². The van der Waals surface area contributed by atoms with Crippen molar-refractivity contribution in [1.29, 1.82) is 0 Å². The zero-order chi connectivity index (χ0) is 15.3. The van der Waals surface area contributed by atoms with E-state index in [1.165, 1.54) is 4.90 Å².